The number of carbonyl (C=O) groups is 1. The Morgan fingerprint density at radius 3 is 2.17 bits per heavy atom. The Bertz CT molecular complexity index is 321. The molecule has 0 unspecified atom stereocenters. The van der Waals surface area contributed by atoms with Crippen molar-refractivity contribution < 1.29 is 19.1 Å². The van der Waals surface area contributed by atoms with Crippen LogP contribution in [0.2, 0.25) is 0 Å². The van der Waals surface area contributed by atoms with E-state index in [1.165, 1.54) is 32.1 Å². The Kier molecular flexibility index (Phi) is 13.0. The smallest absolute Gasteiger partial charge is 0.306 e. The fourth-order valence-electron chi connectivity index (χ4n) is 2.52. The van der Waals surface area contributed by atoms with Gasteiger partial charge in [-0.15, -0.1) is 0 Å². The predicted molar refractivity (Wildman–Crippen MR) is 96.6 cm³/mol. The van der Waals surface area contributed by atoms with Gasteiger partial charge in [-0.25, -0.2) is 0 Å². The van der Waals surface area contributed by atoms with Crippen molar-refractivity contribution in [3.8, 4) is 0 Å². The molecular formula is C19H38NO3+. The highest BCUT2D eigenvalue weighted by molar-refractivity contribution is 5.67. The lowest BCUT2D eigenvalue weighted by Crippen LogP contribution is -2.43. The van der Waals surface area contributed by atoms with Crippen molar-refractivity contribution in [3.63, 3.8) is 0 Å². The molecule has 1 atom stereocenters. The number of unbranched alkanes of at least 4 members (excludes halogenated alkanes) is 6. The lowest BCUT2D eigenvalue weighted by Gasteiger charge is -2.28. The number of hydrogen-bond donors (Lipinski definition) is 1. The first-order valence-electron chi connectivity index (χ1n) is 9.14. The number of aliphatic carboxylic acids is 1. The monoisotopic (exact) mass is 328 g/mol. The zero-order valence-electron chi connectivity index (χ0n) is 15.7. The van der Waals surface area contributed by atoms with Crippen LogP contribution < -0.4 is 0 Å². The molecule has 136 valence electrons. The Morgan fingerprint density at radius 1 is 1.04 bits per heavy atom. The van der Waals surface area contributed by atoms with E-state index in [9.17, 15) is 4.79 Å². The third-order valence-electron chi connectivity index (χ3n) is 3.66. The normalized spacial score (nSPS) is 13.6. The first-order chi connectivity index (χ1) is 10.8. The van der Waals surface area contributed by atoms with Gasteiger partial charge in [-0.05, 0) is 32.1 Å². The van der Waals surface area contributed by atoms with Crippen LogP contribution in [0.5, 0.6) is 0 Å². The van der Waals surface area contributed by atoms with Gasteiger partial charge in [0, 0.05) is 6.61 Å². The van der Waals surface area contributed by atoms with Crippen LogP contribution >= 0.6 is 0 Å². The van der Waals surface area contributed by atoms with E-state index in [0.29, 0.717) is 6.61 Å². The molecule has 0 aliphatic heterocycles. The second-order valence-electron chi connectivity index (χ2n) is 7.38. The third-order valence-corrected chi connectivity index (χ3v) is 3.66. The molecule has 1 N–H and O–H groups in total. The molecule has 4 nitrogen and oxygen atoms in total. The molecule has 0 saturated heterocycles. The number of ether oxygens (including phenoxy) is 1. The van der Waals surface area contributed by atoms with E-state index in [1.54, 1.807) is 0 Å². The largest absolute Gasteiger partial charge is 0.481 e. The van der Waals surface area contributed by atoms with Gasteiger partial charge in [0.2, 0.25) is 0 Å². The third kappa shape index (κ3) is 17.3. The van der Waals surface area contributed by atoms with Crippen LogP contribution in [-0.4, -0.2) is 56.0 Å². The van der Waals surface area contributed by atoms with Crippen molar-refractivity contribution in [3.05, 3.63) is 12.2 Å². The molecule has 0 rings (SSSR count). The molecule has 0 fully saturated rings. The van der Waals surface area contributed by atoms with E-state index in [4.69, 9.17) is 9.84 Å². The summed E-state index contributed by atoms with van der Waals surface area (Å²) in [4.78, 5) is 10.9. The van der Waals surface area contributed by atoms with Crippen molar-refractivity contribution in [2.45, 2.75) is 70.8 Å². The highest BCUT2D eigenvalue weighted by atomic mass is 16.5. The molecule has 0 aliphatic rings. The van der Waals surface area contributed by atoms with Crippen LogP contribution in [0.3, 0.4) is 0 Å². The Morgan fingerprint density at radius 2 is 1.65 bits per heavy atom. The molecule has 0 aliphatic carbocycles. The summed E-state index contributed by atoms with van der Waals surface area (Å²) in [6, 6.07) is 0. The summed E-state index contributed by atoms with van der Waals surface area (Å²) >= 11 is 0. The molecule has 0 bridgehead atoms. The minimum Gasteiger partial charge on any atom is -0.481 e. The predicted octanol–water partition coefficient (Wildman–Crippen LogP) is 4.25. The van der Waals surface area contributed by atoms with Gasteiger partial charge in [0.15, 0.2) is 0 Å². The minimum absolute atomic E-state index is 0.0905. The highest BCUT2D eigenvalue weighted by Crippen LogP contribution is 2.08. The van der Waals surface area contributed by atoms with Gasteiger partial charge in [0.05, 0.1) is 27.6 Å². The summed E-state index contributed by atoms with van der Waals surface area (Å²) in [5, 5.41) is 8.96. The van der Waals surface area contributed by atoms with E-state index in [1.807, 2.05) is 0 Å². The average Bonchev–Trinajstić information content (AvgIpc) is 2.42. The number of quaternary nitrogens is 1. The van der Waals surface area contributed by atoms with Crippen LogP contribution in [0.1, 0.15) is 64.7 Å². The molecule has 0 aromatic carbocycles. The maximum atomic E-state index is 10.9. The molecule has 0 heterocycles. The number of nitrogens with zero attached hydrogens (tertiary/aromatic N) is 1. The van der Waals surface area contributed by atoms with Crippen LogP contribution in [0, 0.1) is 0 Å². The summed E-state index contributed by atoms with van der Waals surface area (Å²) in [7, 11) is 6.18. The first kappa shape index (κ1) is 22.1. The van der Waals surface area contributed by atoms with Crippen LogP contribution in [0.25, 0.3) is 0 Å². The maximum Gasteiger partial charge on any atom is 0.306 e. The molecule has 0 aromatic heterocycles. The van der Waals surface area contributed by atoms with Gasteiger partial charge >= 0.3 is 5.97 Å². The number of allylic oxidation sites excluding steroid dienone is 2. The van der Waals surface area contributed by atoms with Gasteiger partial charge in [-0.1, -0.05) is 38.3 Å². The summed E-state index contributed by atoms with van der Waals surface area (Å²) < 4.78 is 6.50. The second kappa shape index (κ2) is 13.6. The number of hydrogen-bond acceptors (Lipinski definition) is 2. The van der Waals surface area contributed by atoms with Gasteiger partial charge < -0.3 is 14.3 Å². The van der Waals surface area contributed by atoms with Crippen molar-refractivity contribution in [2.75, 3.05) is 34.3 Å². The van der Waals surface area contributed by atoms with Crippen molar-refractivity contribution >= 4 is 5.97 Å². The zero-order valence-corrected chi connectivity index (χ0v) is 15.7. The highest BCUT2D eigenvalue weighted by Gasteiger charge is 2.21. The van der Waals surface area contributed by atoms with E-state index in [2.05, 4.69) is 40.2 Å². The molecule has 0 spiro atoms. The van der Waals surface area contributed by atoms with E-state index in [0.717, 1.165) is 30.3 Å². The number of carboxylic acid groups (broad SMARTS) is 1. The van der Waals surface area contributed by atoms with Crippen LogP contribution in [0.15, 0.2) is 12.2 Å². The lowest BCUT2D eigenvalue weighted by molar-refractivity contribution is -0.873. The second-order valence-corrected chi connectivity index (χ2v) is 7.38. The first-order valence-corrected chi connectivity index (χ1v) is 9.14. The van der Waals surface area contributed by atoms with Crippen LogP contribution in [0.4, 0.5) is 0 Å². The van der Waals surface area contributed by atoms with Gasteiger partial charge in [0.1, 0.15) is 12.6 Å². The van der Waals surface area contributed by atoms with Gasteiger partial charge in [0.25, 0.3) is 0 Å². The lowest BCUT2D eigenvalue weighted by atomic mass is 10.1. The Labute approximate surface area is 143 Å². The SMILES string of the molecule is CCCCCCC=CCCCCO[C@H](CC(=O)O)C[N+](C)(C)C. The van der Waals surface area contributed by atoms with Crippen molar-refractivity contribution in [1.29, 1.82) is 0 Å². The minimum atomic E-state index is -0.783. The molecule has 4 heteroatoms. The van der Waals surface area contributed by atoms with Crippen molar-refractivity contribution in [1.82, 2.24) is 0 Å². The standard InChI is InChI=1S/C19H37NO3/c1-5-6-7-8-9-10-11-12-13-14-15-23-18(16-19(21)22)17-20(2,3)4/h10-11,18H,5-9,12-17H2,1-4H3/p+1/t18-/m1/s1. The zero-order chi connectivity index (χ0) is 17.6. The number of carboxylic acids is 1. The Balaban J connectivity index is 3.69. The molecule has 0 radical (unpaired) electrons. The van der Waals surface area contributed by atoms with E-state index in [-0.39, 0.29) is 12.5 Å². The topological polar surface area (TPSA) is 46.5 Å². The van der Waals surface area contributed by atoms with Crippen LogP contribution in [-0.2, 0) is 9.53 Å². The summed E-state index contributed by atoms with van der Waals surface area (Å²) in [6.07, 6.45) is 14.1. The summed E-state index contributed by atoms with van der Waals surface area (Å²) in [6.45, 7) is 3.62. The summed E-state index contributed by atoms with van der Waals surface area (Å²) in [5.41, 5.74) is 0. The van der Waals surface area contributed by atoms with E-state index < -0.39 is 5.97 Å². The molecule has 23 heavy (non-hydrogen) atoms. The number of rotatable bonds is 15. The van der Waals surface area contributed by atoms with Crippen molar-refractivity contribution in [2.24, 2.45) is 0 Å². The van der Waals surface area contributed by atoms with E-state index >= 15 is 0 Å². The fourth-order valence-corrected chi connectivity index (χ4v) is 2.52. The quantitative estimate of drug-likeness (QED) is 0.278. The molecular weight excluding hydrogens is 290 g/mol. The molecule has 0 saturated carbocycles. The molecule has 0 aromatic rings. The van der Waals surface area contributed by atoms with Gasteiger partial charge in [-0.2, -0.15) is 0 Å². The summed E-state index contributed by atoms with van der Waals surface area (Å²) in [5.74, 6) is -0.783. The fraction of sp³-hybridized carbons (Fsp3) is 0.842. The molecule has 0 amide bonds. The van der Waals surface area contributed by atoms with Gasteiger partial charge in [-0.3, -0.25) is 4.79 Å². The maximum absolute atomic E-state index is 10.9. The average molecular weight is 329 g/mol. The Hall–Kier alpha value is -0.870. The number of likely N-dealkylation sites (N-methyl/N-ethyl adjacent to an activating group) is 1.